The zero-order valence-corrected chi connectivity index (χ0v) is 32.4. The molecule has 0 amide bonds. The van der Waals surface area contributed by atoms with Gasteiger partial charge in [0.15, 0.2) is 5.58 Å². The minimum atomic E-state index is -0.252. The molecule has 3 heteroatoms. The Bertz CT molecular complexity index is 3080. The Morgan fingerprint density at radius 2 is 1.00 bits per heavy atom. The molecule has 10 aromatic rings. The zero-order valence-electron chi connectivity index (χ0n) is 32.4. The van der Waals surface area contributed by atoms with Crippen LogP contribution in [0.25, 0.3) is 55.0 Å². The van der Waals surface area contributed by atoms with Crippen molar-refractivity contribution in [1.29, 1.82) is 0 Å². The first-order valence-electron chi connectivity index (χ1n) is 20.0. The summed E-state index contributed by atoms with van der Waals surface area (Å²) in [5.74, 6) is 0. The summed E-state index contributed by atoms with van der Waals surface area (Å²) in [6, 6.07) is 74.1. The van der Waals surface area contributed by atoms with E-state index >= 15 is 0 Å². The molecule has 0 N–H and O–H groups in total. The van der Waals surface area contributed by atoms with Crippen molar-refractivity contribution in [1.82, 2.24) is 0 Å². The number of hydrogen-bond donors (Lipinski definition) is 0. The lowest BCUT2D eigenvalue weighted by Gasteiger charge is -2.29. The molecule has 0 radical (unpaired) electrons. The smallest absolute Gasteiger partial charge is 0.160 e. The quantitative estimate of drug-likeness (QED) is 0.162. The maximum atomic E-state index is 7.21. The number of fused-ring (bicyclic) bond motifs is 8. The van der Waals surface area contributed by atoms with Crippen LogP contribution in [0.5, 0.6) is 0 Å². The van der Waals surface area contributed by atoms with E-state index in [2.05, 4.69) is 230 Å². The van der Waals surface area contributed by atoms with Gasteiger partial charge in [-0.1, -0.05) is 153 Å². The Labute approximate surface area is 338 Å². The van der Waals surface area contributed by atoms with Crippen LogP contribution in [0.1, 0.15) is 25.0 Å². The standard InChI is InChI=1S/C55H40N2O/c1-55(2)47-27-15-14-26-45(47)52-48(55)36-50(54-53(52)46-35-43(33-34-51(46)58-54)56(40-21-8-4-9-22-40)41-23-10-5-11-24-41)57(49-28-16-20-39-19-12-13-25-44(39)49)42-31-29-38(30-32-42)37-17-6-3-7-18-37/h3-36H,1-2H3. The summed E-state index contributed by atoms with van der Waals surface area (Å²) in [6.45, 7) is 4.73. The molecule has 0 saturated heterocycles. The van der Waals surface area contributed by atoms with E-state index in [1.54, 1.807) is 0 Å². The average molecular weight is 745 g/mol. The van der Waals surface area contributed by atoms with E-state index in [-0.39, 0.29) is 5.41 Å². The van der Waals surface area contributed by atoms with Gasteiger partial charge < -0.3 is 14.2 Å². The van der Waals surface area contributed by atoms with E-state index in [0.29, 0.717) is 0 Å². The number of anilines is 6. The van der Waals surface area contributed by atoms with Gasteiger partial charge in [0.2, 0.25) is 0 Å². The SMILES string of the molecule is CC1(C)c2ccccc2-c2c1cc(N(c1ccc(-c3ccccc3)cc1)c1cccc3ccccc13)c1oc3ccc(N(c4ccccc4)c4ccccc4)cc3c21. The number of rotatable bonds is 7. The minimum Gasteiger partial charge on any atom is -0.454 e. The molecule has 0 fully saturated rings. The molecule has 0 spiro atoms. The van der Waals surface area contributed by atoms with Gasteiger partial charge >= 0.3 is 0 Å². The van der Waals surface area contributed by atoms with E-state index in [1.807, 2.05) is 0 Å². The lowest BCUT2D eigenvalue weighted by atomic mass is 9.82. The van der Waals surface area contributed by atoms with Gasteiger partial charge in [-0.25, -0.2) is 0 Å². The number of benzene rings is 9. The van der Waals surface area contributed by atoms with Crippen molar-refractivity contribution in [3.63, 3.8) is 0 Å². The monoisotopic (exact) mass is 744 g/mol. The molecule has 0 unspecified atom stereocenters. The lowest BCUT2D eigenvalue weighted by Crippen LogP contribution is -2.17. The summed E-state index contributed by atoms with van der Waals surface area (Å²) in [7, 11) is 0. The van der Waals surface area contributed by atoms with E-state index in [9.17, 15) is 0 Å². The Morgan fingerprint density at radius 3 is 1.74 bits per heavy atom. The fourth-order valence-electron chi connectivity index (χ4n) is 9.24. The second-order valence-electron chi connectivity index (χ2n) is 15.7. The molecule has 1 aliphatic carbocycles. The molecular weight excluding hydrogens is 705 g/mol. The number of nitrogens with zero attached hydrogens (tertiary/aromatic N) is 2. The summed E-state index contributed by atoms with van der Waals surface area (Å²) in [5.41, 5.74) is 15.4. The molecule has 1 aliphatic rings. The summed E-state index contributed by atoms with van der Waals surface area (Å²) < 4.78 is 7.21. The third kappa shape index (κ3) is 5.35. The average Bonchev–Trinajstić information content (AvgIpc) is 3.77. The van der Waals surface area contributed by atoms with Gasteiger partial charge in [0.05, 0.1) is 11.4 Å². The molecule has 276 valence electrons. The maximum Gasteiger partial charge on any atom is 0.160 e. The molecule has 58 heavy (non-hydrogen) atoms. The molecule has 0 aliphatic heterocycles. The maximum absolute atomic E-state index is 7.21. The zero-order chi connectivity index (χ0) is 38.8. The first-order chi connectivity index (χ1) is 28.5. The van der Waals surface area contributed by atoms with Gasteiger partial charge in [0.1, 0.15) is 5.58 Å². The Hall–Kier alpha value is -7.36. The first-order valence-corrected chi connectivity index (χ1v) is 20.0. The highest BCUT2D eigenvalue weighted by Gasteiger charge is 2.39. The van der Waals surface area contributed by atoms with Crippen LogP contribution in [0.15, 0.2) is 211 Å². The topological polar surface area (TPSA) is 19.6 Å². The predicted molar refractivity (Wildman–Crippen MR) is 244 cm³/mol. The van der Waals surface area contributed by atoms with Crippen molar-refractivity contribution in [2.24, 2.45) is 0 Å². The second kappa shape index (κ2) is 13.4. The highest BCUT2D eigenvalue weighted by Crippen LogP contribution is 2.57. The van der Waals surface area contributed by atoms with Crippen LogP contribution in [-0.2, 0) is 5.41 Å². The fraction of sp³-hybridized carbons (Fsp3) is 0.0545. The summed E-state index contributed by atoms with van der Waals surface area (Å²) in [4.78, 5) is 4.75. The van der Waals surface area contributed by atoms with Crippen molar-refractivity contribution in [3.05, 3.63) is 217 Å². The van der Waals surface area contributed by atoms with Gasteiger partial charge in [0.25, 0.3) is 0 Å². The first kappa shape index (κ1) is 33.9. The molecule has 0 saturated carbocycles. The minimum absolute atomic E-state index is 0.252. The summed E-state index contributed by atoms with van der Waals surface area (Å²) >= 11 is 0. The second-order valence-corrected chi connectivity index (χ2v) is 15.7. The van der Waals surface area contributed by atoms with E-state index < -0.39 is 0 Å². The summed E-state index contributed by atoms with van der Waals surface area (Å²) in [6.07, 6.45) is 0. The Morgan fingerprint density at radius 1 is 0.414 bits per heavy atom. The van der Waals surface area contributed by atoms with Crippen LogP contribution in [-0.4, -0.2) is 0 Å². The van der Waals surface area contributed by atoms with Gasteiger partial charge in [-0.3, -0.25) is 0 Å². The van der Waals surface area contributed by atoms with Gasteiger partial charge in [-0.2, -0.15) is 0 Å². The normalized spacial score (nSPS) is 12.8. The van der Waals surface area contributed by atoms with Crippen LogP contribution >= 0.6 is 0 Å². The van der Waals surface area contributed by atoms with Crippen LogP contribution in [0, 0.1) is 0 Å². The van der Waals surface area contributed by atoms with E-state index in [1.165, 1.54) is 44.2 Å². The van der Waals surface area contributed by atoms with Crippen LogP contribution in [0.4, 0.5) is 34.1 Å². The number of furan rings is 1. The van der Waals surface area contributed by atoms with E-state index in [4.69, 9.17) is 4.42 Å². The van der Waals surface area contributed by atoms with Crippen molar-refractivity contribution >= 4 is 66.8 Å². The van der Waals surface area contributed by atoms with Crippen molar-refractivity contribution in [2.75, 3.05) is 9.80 Å². The summed E-state index contributed by atoms with van der Waals surface area (Å²) in [5, 5.41) is 4.59. The van der Waals surface area contributed by atoms with E-state index in [0.717, 1.165) is 56.1 Å². The van der Waals surface area contributed by atoms with Gasteiger partial charge in [-0.15, -0.1) is 0 Å². The predicted octanol–water partition coefficient (Wildman–Crippen LogP) is 15.7. The third-order valence-corrected chi connectivity index (χ3v) is 12.0. The van der Waals surface area contributed by atoms with Crippen molar-refractivity contribution < 1.29 is 4.42 Å². The highest BCUT2D eigenvalue weighted by molar-refractivity contribution is 6.20. The molecule has 9 aromatic carbocycles. The molecule has 0 bridgehead atoms. The highest BCUT2D eigenvalue weighted by atomic mass is 16.3. The fourth-order valence-corrected chi connectivity index (χ4v) is 9.24. The van der Waals surface area contributed by atoms with Crippen LogP contribution in [0.2, 0.25) is 0 Å². The van der Waals surface area contributed by atoms with Crippen LogP contribution < -0.4 is 9.80 Å². The van der Waals surface area contributed by atoms with Crippen molar-refractivity contribution in [2.45, 2.75) is 19.3 Å². The van der Waals surface area contributed by atoms with Gasteiger partial charge in [0, 0.05) is 44.3 Å². The number of hydrogen-bond acceptors (Lipinski definition) is 3. The van der Waals surface area contributed by atoms with Gasteiger partial charge in [-0.05, 0) is 105 Å². The van der Waals surface area contributed by atoms with Crippen LogP contribution in [0.3, 0.4) is 0 Å². The largest absolute Gasteiger partial charge is 0.454 e. The number of para-hydroxylation sites is 2. The molecular formula is C55H40N2O. The Kier molecular flexibility index (Phi) is 7.84. The molecule has 1 heterocycles. The third-order valence-electron chi connectivity index (χ3n) is 12.0. The molecule has 0 atom stereocenters. The molecule has 1 aromatic heterocycles. The molecule has 3 nitrogen and oxygen atoms in total. The Balaban J connectivity index is 1.22. The van der Waals surface area contributed by atoms with Crippen molar-refractivity contribution in [3.8, 4) is 22.3 Å². The lowest BCUT2D eigenvalue weighted by molar-refractivity contribution is 0.657. The molecule has 11 rings (SSSR count).